The number of hydrogen-bond acceptors (Lipinski definition) is 2. The maximum absolute atomic E-state index is 10.3. The van der Waals surface area contributed by atoms with Crippen molar-refractivity contribution in [1.82, 2.24) is 0 Å². The predicted octanol–water partition coefficient (Wildman–Crippen LogP) is 2.82. The summed E-state index contributed by atoms with van der Waals surface area (Å²) in [6.07, 6.45) is 7.42. The van der Waals surface area contributed by atoms with E-state index in [1.165, 1.54) is 6.42 Å². The number of carbonyl (C=O) groups is 1. The summed E-state index contributed by atoms with van der Waals surface area (Å²) in [5.41, 5.74) is 0. The zero-order valence-corrected chi connectivity index (χ0v) is 10.2. The Bertz CT molecular complexity index is 215. The topological polar surface area (TPSA) is 57.5 Å². The molecule has 0 aromatic carbocycles. The van der Waals surface area contributed by atoms with Crippen molar-refractivity contribution in [3.63, 3.8) is 0 Å². The zero-order valence-electron chi connectivity index (χ0n) is 10.2. The van der Waals surface area contributed by atoms with E-state index in [-0.39, 0.29) is 6.10 Å². The molecule has 94 valence electrons. The highest BCUT2D eigenvalue weighted by Crippen LogP contribution is 2.41. The summed E-state index contributed by atoms with van der Waals surface area (Å²) < 4.78 is 0. The van der Waals surface area contributed by atoms with Crippen molar-refractivity contribution >= 4 is 5.97 Å². The molecule has 3 heteroatoms. The van der Waals surface area contributed by atoms with E-state index in [0.29, 0.717) is 12.3 Å². The fourth-order valence-electron chi connectivity index (χ4n) is 2.26. The third-order valence-corrected chi connectivity index (χ3v) is 3.56. The summed E-state index contributed by atoms with van der Waals surface area (Å²) in [7, 11) is 0. The van der Waals surface area contributed by atoms with Crippen LogP contribution in [0.4, 0.5) is 0 Å². The van der Waals surface area contributed by atoms with Crippen molar-refractivity contribution < 1.29 is 15.0 Å². The standard InChI is InChI=1S/C13H24O3/c1-10-9-11(10)12(14)7-5-3-2-4-6-8-13(15)16/h10-12,14H,2-9H2,1H3,(H,15,16)/t10-,11-,12?/m1/s1. The first-order valence-electron chi connectivity index (χ1n) is 6.51. The van der Waals surface area contributed by atoms with Crippen LogP contribution in [-0.2, 0) is 4.79 Å². The molecule has 0 saturated heterocycles. The maximum atomic E-state index is 10.3. The SMILES string of the molecule is C[C@@H]1C[C@H]1C(O)CCCCCCCC(=O)O. The predicted molar refractivity (Wildman–Crippen MR) is 63.2 cm³/mol. The second-order valence-electron chi connectivity index (χ2n) is 5.14. The third kappa shape index (κ3) is 5.50. The van der Waals surface area contributed by atoms with Crippen molar-refractivity contribution in [2.24, 2.45) is 11.8 Å². The lowest BCUT2D eigenvalue weighted by Crippen LogP contribution is -2.09. The Morgan fingerprint density at radius 1 is 1.25 bits per heavy atom. The molecular formula is C13H24O3. The molecule has 0 spiro atoms. The largest absolute Gasteiger partial charge is 0.481 e. The van der Waals surface area contributed by atoms with Gasteiger partial charge in [-0.3, -0.25) is 4.79 Å². The number of carboxylic acid groups (broad SMARTS) is 1. The smallest absolute Gasteiger partial charge is 0.303 e. The van der Waals surface area contributed by atoms with Crippen molar-refractivity contribution in [3.05, 3.63) is 0 Å². The number of aliphatic hydroxyl groups excluding tert-OH is 1. The summed E-state index contributed by atoms with van der Waals surface area (Å²) in [5.74, 6) is 0.593. The normalized spacial score (nSPS) is 25.4. The number of carboxylic acids is 1. The quantitative estimate of drug-likeness (QED) is 0.597. The van der Waals surface area contributed by atoms with Crippen LogP contribution < -0.4 is 0 Å². The van der Waals surface area contributed by atoms with Gasteiger partial charge in [-0.15, -0.1) is 0 Å². The lowest BCUT2D eigenvalue weighted by Gasteiger charge is -2.08. The molecular weight excluding hydrogens is 204 g/mol. The first-order valence-corrected chi connectivity index (χ1v) is 6.51. The number of rotatable bonds is 9. The molecule has 0 aliphatic heterocycles. The Morgan fingerprint density at radius 3 is 2.38 bits per heavy atom. The Kier molecular flexibility index (Phi) is 5.81. The fourth-order valence-corrected chi connectivity index (χ4v) is 2.26. The van der Waals surface area contributed by atoms with E-state index < -0.39 is 5.97 Å². The molecule has 1 aliphatic rings. The molecule has 16 heavy (non-hydrogen) atoms. The average molecular weight is 228 g/mol. The van der Waals surface area contributed by atoms with Crippen molar-refractivity contribution in [1.29, 1.82) is 0 Å². The van der Waals surface area contributed by atoms with Crippen LogP contribution in [0.25, 0.3) is 0 Å². The summed E-state index contributed by atoms with van der Waals surface area (Å²) >= 11 is 0. The van der Waals surface area contributed by atoms with Gasteiger partial charge in [0.1, 0.15) is 0 Å². The lowest BCUT2D eigenvalue weighted by atomic mass is 10.0. The molecule has 0 aromatic heterocycles. The van der Waals surface area contributed by atoms with Crippen LogP contribution in [0.1, 0.15) is 58.3 Å². The number of aliphatic carboxylic acids is 1. The van der Waals surface area contributed by atoms with E-state index in [4.69, 9.17) is 5.11 Å². The Labute approximate surface area is 97.9 Å². The van der Waals surface area contributed by atoms with Gasteiger partial charge in [-0.05, 0) is 31.1 Å². The van der Waals surface area contributed by atoms with Crippen LogP contribution in [0, 0.1) is 11.8 Å². The van der Waals surface area contributed by atoms with Crippen molar-refractivity contribution in [2.45, 2.75) is 64.4 Å². The molecule has 0 amide bonds. The third-order valence-electron chi connectivity index (χ3n) is 3.56. The number of aliphatic hydroxyl groups is 1. The van der Waals surface area contributed by atoms with E-state index in [9.17, 15) is 9.90 Å². The molecule has 1 unspecified atom stereocenters. The van der Waals surface area contributed by atoms with Gasteiger partial charge in [0.05, 0.1) is 6.10 Å². The fraction of sp³-hybridized carbons (Fsp3) is 0.923. The number of hydrogen-bond donors (Lipinski definition) is 2. The Hall–Kier alpha value is -0.570. The van der Waals surface area contributed by atoms with E-state index >= 15 is 0 Å². The van der Waals surface area contributed by atoms with E-state index in [2.05, 4.69) is 6.92 Å². The molecule has 1 fully saturated rings. The Morgan fingerprint density at radius 2 is 1.81 bits per heavy atom. The van der Waals surface area contributed by atoms with Gasteiger partial charge in [0.25, 0.3) is 0 Å². The summed E-state index contributed by atoms with van der Waals surface area (Å²) in [6, 6.07) is 0. The first kappa shape index (κ1) is 13.5. The van der Waals surface area contributed by atoms with Crippen molar-refractivity contribution in [3.8, 4) is 0 Å². The van der Waals surface area contributed by atoms with E-state index in [0.717, 1.165) is 44.4 Å². The summed E-state index contributed by atoms with van der Waals surface area (Å²) in [5, 5.41) is 18.2. The molecule has 3 atom stereocenters. The molecule has 0 heterocycles. The van der Waals surface area contributed by atoms with Gasteiger partial charge in [0, 0.05) is 6.42 Å². The van der Waals surface area contributed by atoms with Crippen molar-refractivity contribution in [2.75, 3.05) is 0 Å². The monoisotopic (exact) mass is 228 g/mol. The highest BCUT2D eigenvalue weighted by molar-refractivity contribution is 5.66. The maximum Gasteiger partial charge on any atom is 0.303 e. The molecule has 1 rings (SSSR count). The molecule has 0 bridgehead atoms. The van der Waals surface area contributed by atoms with Crippen LogP contribution in [0.2, 0.25) is 0 Å². The van der Waals surface area contributed by atoms with Crippen LogP contribution in [-0.4, -0.2) is 22.3 Å². The van der Waals surface area contributed by atoms with E-state index in [1.54, 1.807) is 0 Å². The highest BCUT2D eigenvalue weighted by atomic mass is 16.4. The number of unbranched alkanes of at least 4 members (excludes halogenated alkanes) is 4. The molecule has 2 N–H and O–H groups in total. The van der Waals surface area contributed by atoms with Crippen LogP contribution >= 0.6 is 0 Å². The second-order valence-corrected chi connectivity index (χ2v) is 5.14. The minimum absolute atomic E-state index is 0.0889. The average Bonchev–Trinajstić information content (AvgIpc) is 2.93. The van der Waals surface area contributed by atoms with Gasteiger partial charge in [-0.1, -0.05) is 32.6 Å². The summed E-state index contributed by atoms with van der Waals surface area (Å²) in [6.45, 7) is 2.19. The van der Waals surface area contributed by atoms with Gasteiger partial charge < -0.3 is 10.2 Å². The van der Waals surface area contributed by atoms with Crippen LogP contribution in [0.15, 0.2) is 0 Å². The van der Waals surface area contributed by atoms with Gasteiger partial charge >= 0.3 is 5.97 Å². The highest BCUT2D eigenvalue weighted by Gasteiger charge is 2.37. The van der Waals surface area contributed by atoms with Gasteiger partial charge in [0.2, 0.25) is 0 Å². The molecule has 1 aliphatic carbocycles. The molecule has 0 radical (unpaired) electrons. The Balaban J connectivity index is 1.83. The van der Waals surface area contributed by atoms with E-state index in [1.807, 2.05) is 0 Å². The van der Waals surface area contributed by atoms with Gasteiger partial charge in [-0.25, -0.2) is 0 Å². The molecule has 0 aromatic rings. The van der Waals surface area contributed by atoms with Gasteiger partial charge in [-0.2, -0.15) is 0 Å². The first-order chi connectivity index (χ1) is 7.61. The second kappa shape index (κ2) is 6.89. The minimum atomic E-state index is -0.696. The lowest BCUT2D eigenvalue weighted by molar-refractivity contribution is -0.137. The molecule has 3 nitrogen and oxygen atoms in total. The molecule has 1 saturated carbocycles. The summed E-state index contributed by atoms with van der Waals surface area (Å²) in [4.78, 5) is 10.3. The van der Waals surface area contributed by atoms with Crippen LogP contribution in [0.3, 0.4) is 0 Å². The minimum Gasteiger partial charge on any atom is -0.481 e. The van der Waals surface area contributed by atoms with Crippen LogP contribution in [0.5, 0.6) is 0 Å². The van der Waals surface area contributed by atoms with Gasteiger partial charge in [0.15, 0.2) is 0 Å². The zero-order chi connectivity index (χ0) is 12.0.